The zero-order valence-corrected chi connectivity index (χ0v) is 14.2. The number of halogens is 1. The van der Waals surface area contributed by atoms with Crippen LogP contribution < -0.4 is 5.32 Å². The maximum Gasteiger partial charge on any atom is 0.137 e. The van der Waals surface area contributed by atoms with Crippen molar-refractivity contribution < 1.29 is 0 Å². The lowest BCUT2D eigenvalue weighted by atomic mass is 9.95. The van der Waals surface area contributed by atoms with Crippen LogP contribution in [-0.4, -0.2) is 19.7 Å². The van der Waals surface area contributed by atoms with Crippen molar-refractivity contribution in [1.82, 2.24) is 19.7 Å². The Kier molecular flexibility index (Phi) is 4.23. The lowest BCUT2D eigenvalue weighted by molar-refractivity contribution is 0.545. The molecule has 0 atom stereocenters. The monoisotopic (exact) mass is 307 g/mol. The van der Waals surface area contributed by atoms with Crippen molar-refractivity contribution in [1.29, 1.82) is 0 Å². The lowest BCUT2D eigenvalue weighted by Gasteiger charge is -2.19. The number of nitrogens with zero attached hydrogens (tertiary/aromatic N) is 4. The van der Waals surface area contributed by atoms with Crippen LogP contribution in [0.3, 0.4) is 0 Å². The number of hydrogen-bond donors (Lipinski definition) is 1. The van der Waals surface area contributed by atoms with Gasteiger partial charge in [0.1, 0.15) is 16.8 Å². The van der Waals surface area contributed by atoms with Gasteiger partial charge in [0.05, 0.1) is 6.20 Å². The molecule has 0 unspecified atom stereocenters. The first-order valence-electron chi connectivity index (χ1n) is 6.96. The summed E-state index contributed by atoms with van der Waals surface area (Å²) in [5, 5.41) is 8.09. The van der Waals surface area contributed by atoms with Gasteiger partial charge in [0, 0.05) is 35.8 Å². The summed E-state index contributed by atoms with van der Waals surface area (Å²) in [6, 6.07) is 0. The summed E-state index contributed by atoms with van der Waals surface area (Å²) in [5.41, 5.74) is 3.00. The third kappa shape index (κ3) is 3.35. The van der Waals surface area contributed by atoms with Gasteiger partial charge in [0.25, 0.3) is 0 Å². The zero-order chi connectivity index (χ0) is 15.8. The molecule has 21 heavy (non-hydrogen) atoms. The van der Waals surface area contributed by atoms with E-state index >= 15 is 0 Å². The Morgan fingerprint density at radius 2 is 1.90 bits per heavy atom. The van der Waals surface area contributed by atoms with Crippen LogP contribution in [-0.2, 0) is 19.0 Å². The van der Waals surface area contributed by atoms with Gasteiger partial charge in [-0.1, -0.05) is 32.4 Å². The molecule has 6 heteroatoms. The van der Waals surface area contributed by atoms with E-state index in [1.807, 2.05) is 31.8 Å². The smallest absolute Gasteiger partial charge is 0.137 e. The molecule has 2 aromatic rings. The van der Waals surface area contributed by atoms with Crippen molar-refractivity contribution in [2.75, 3.05) is 5.32 Å². The van der Waals surface area contributed by atoms with E-state index in [1.165, 1.54) is 0 Å². The third-order valence-corrected chi connectivity index (χ3v) is 3.91. The molecule has 0 saturated carbocycles. The van der Waals surface area contributed by atoms with Crippen LogP contribution in [0.2, 0.25) is 5.15 Å². The average molecular weight is 308 g/mol. The van der Waals surface area contributed by atoms with E-state index in [0.717, 1.165) is 28.5 Å². The van der Waals surface area contributed by atoms with Crippen LogP contribution in [0.4, 0.5) is 5.82 Å². The molecule has 2 aromatic heterocycles. The fourth-order valence-electron chi connectivity index (χ4n) is 1.89. The van der Waals surface area contributed by atoms with E-state index in [2.05, 4.69) is 41.2 Å². The van der Waals surface area contributed by atoms with Gasteiger partial charge in [-0.2, -0.15) is 5.10 Å². The molecule has 0 saturated heterocycles. The standard InChI is InChI=1S/C15H22ClN5/c1-9-12(16)19-14(15(3,4)5)20-13(9)17-7-11-8-18-21(6)10(11)2/h8H,7H2,1-6H3,(H,17,19,20). The molecule has 0 fully saturated rings. The Bertz CT molecular complexity index is 655. The van der Waals surface area contributed by atoms with Crippen molar-refractivity contribution >= 4 is 17.4 Å². The number of hydrogen-bond acceptors (Lipinski definition) is 4. The van der Waals surface area contributed by atoms with E-state index in [4.69, 9.17) is 11.6 Å². The van der Waals surface area contributed by atoms with E-state index in [0.29, 0.717) is 11.7 Å². The van der Waals surface area contributed by atoms with Crippen molar-refractivity contribution in [3.63, 3.8) is 0 Å². The Morgan fingerprint density at radius 3 is 2.43 bits per heavy atom. The second-order valence-electron chi connectivity index (χ2n) is 6.29. The Morgan fingerprint density at radius 1 is 1.24 bits per heavy atom. The number of rotatable bonds is 3. The van der Waals surface area contributed by atoms with Crippen LogP contribution >= 0.6 is 11.6 Å². The maximum atomic E-state index is 6.23. The van der Waals surface area contributed by atoms with E-state index in [1.54, 1.807) is 0 Å². The molecule has 0 amide bonds. The van der Waals surface area contributed by atoms with Crippen LogP contribution in [0, 0.1) is 13.8 Å². The Hall–Kier alpha value is -1.62. The van der Waals surface area contributed by atoms with E-state index in [9.17, 15) is 0 Å². The summed E-state index contributed by atoms with van der Waals surface area (Å²) >= 11 is 6.23. The van der Waals surface area contributed by atoms with Gasteiger partial charge in [0.2, 0.25) is 0 Å². The molecular formula is C15H22ClN5. The van der Waals surface area contributed by atoms with Gasteiger partial charge in [-0.25, -0.2) is 9.97 Å². The van der Waals surface area contributed by atoms with Gasteiger partial charge >= 0.3 is 0 Å². The van der Waals surface area contributed by atoms with Gasteiger partial charge in [-0.15, -0.1) is 0 Å². The zero-order valence-electron chi connectivity index (χ0n) is 13.5. The van der Waals surface area contributed by atoms with Crippen molar-refractivity contribution in [2.24, 2.45) is 7.05 Å². The first kappa shape index (κ1) is 15.8. The van der Waals surface area contributed by atoms with E-state index < -0.39 is 0 Å². The number of nitrogens with one attached hydrogen (secondary N) is 1. The highest BCUT2D eigenvalue weighted by Crippen LogP contribution is 2.26. The fourth-order valence-corrected chi connectivity index (χ4v) is 2.06. The van der Waals surface area contributed by atoms with Gasteiger partial charge in [-0.05, 0) is 13.8 Å². The molecule has 114 valence electrons. The second kappa shape index (κ2) is 5.64. The molecule has 0 spiro atoms. The number of aromatic nitrogens is 4. The maximum absolute atomic E-state index is 6.23. The molecule has 1 N–H and O–H groups in total. The molecule has 5 nitrogen and oxygen atoms in total. The van der Waals surface area contributed by atoms with Gasteiger partial charge < -0.3 is 5.32 Å². The predicted octanol–water partition coefficient (Wildman–Crippen LogP) is 3.39. The minimum atomic E-state index is -0.141. The highest BCUT2D eigenvalue weighted by Gasteiger charge is 2.20. The quantitative estimate of drug-likeness (QED) is 0.883. The first-order valence-corrected chi connectivity index (χ1v) is 7.34. The molecule has 0 radical (unpaired) electrons. The molecular weight excluding hydrogens is 286 g/mol. The fraction of sp³-hybridized carbons (Fsp3) is 0.533. The summed E-state index contributed by atoms with van der Waals surface area (Å²) < 4.78 is 1.86. The van der Waals surface area contributed by atoms with Crippen LogP contribution in [0.25, 0.3) is 0 Å². The largest absolute Gasteiger partial charge is 0.365 e. The van der Waals surface area contributed by atoms with Gasteiger partial charge in [-0.3, -0.25) is 4.68 Å². The molecule has 0 aliphatic rings. The molecule has 2 heterocycles. The molecule has 0 aromatic carbocycles. The normalized spacial score (nSPS) is 11.8. The lowest BCUT2D eigenvalue weighted by Crippen LogP contribution is -2.18. The summed E-state index contributed by atoms with van der Waals surface area (Å²) in [4.78, 5) is 9.00. The van der Waals surface area contributed by atoms with Gasteiger partial charge in [0.15, 0.2) is 0 Å². The first-order chi connectivity index (χ1) is 9.70. The van der Waals surface area contributed by atoms with Crippen molar-refractivity contribution in [2.45, 2.75) is 46.6 Å². The van der Waals surface area contributed by atoms with Crippen molar-refractivity contribution in [3.05, 3.63) is 34.0 Å². The van der Waals surface area contributed by atoms with Crippen LogP contribution in [0.5, 0.6) is 0 Å². The summed E-state index contributed by atoms with van der Waals surface area (Å²) in [6.45, 7) is 10.9. The van der Waals surface area contributed by atoms with E-state index in [-0.39, 0.29) is 5.41 Å². The molecule has 0 aliphatic heterocycles. The number of aryl methyl sites for hydroxylation is 1. The Labute approximate surface area is 130 Å². The highest BCUT2D eigenvalue weighted by molar-refractivity contribution is 6.30. The Balaban J connectivity index is 2.27. The SMILES string of the molecule is Cc1c(Cl)nc(C(C)(C)C)nc1NCc1cnn(C)c1C. The highest BCUT2D eigenvalue weighted by atomic mass is 35.5. The second-order valence-corrected chi connectivity index (χ2v) is 6.65. The minimum absolute atomic E-state index is 0.141. The summed E-state index contributed by atoms with van der Waals surface area (Å²) in [5.74, 6) is 1.52. The molecule has 0 aliphatic carbocycles. The van der Waals surface area contributed by atoms with Crippen LogP contribution in [0.15, 0.2) is 6.20 Å². The third-order valence-electron chi connectivity index (χ3n) is 3.54. The summed E-state index contributed by atoms with van der Waals surface area (Å²) in [7, 11) is 1.93. The molecule has 0 bridgehead atoms. The average Bonchev–Trinajstić information content (AvgIpc) is 2.70. The minimum Gasteiger partial charge on any atom is -0.365 e. The molecule has 2 rings (SSSR count). The number of anilines is 1. The predicted molar refractivity (Wildman–Crippen MR) is 85.8 cm³/mol. The van der Waals surface area contributed by atoms with Crippen molar-refractivity contribution in [3.8, 4) is 0 Å². The topological polar surface area (TPSA) is 55.6 Å². The van der Waals surface area contributed by atoms with Crippen LogP contribution in [0.1, 0.15) is 43.4 Å². The summed E-state index contributed by atoms with van der Waals surface area (Å²) in [6.07, 6.45) is 1.87.